The van der Waals surface area contributed by atoms with Crippen molar-refractivity contribution in [2.45, 2.75) is 44.1 Å². The highest BCUT2D eigenvalue weighted by Gasteiger charge is 2.41. The number of carboxylic acids is 1. The van der Waals surface area contributed by atoms with E-state index in [1.807, 2.05) is 0 Å². The molecule has 0 spiro atoms. The minimum atomic E-state index is -1.00. The van der Waals surface area contributed by atoms with Crippen molar-refractivity contribution >= 4 is 5.97 Å². The first-order valence-electron chi connectivity index (χ1n) is 5.16. The molecule has 0 aromatic heterocycles. The summed E-state index contributed by atoms with van der Waals surface area (Å²) in [6, 6.07) is 0. The lowest BCUT2D eigenvalue weighted by Crippen LogP contribution is -2.43. The largest absolute Gasteiger partial charge is 0.481 e. The molecule has 0 aromatic carbocycles. The lowest BCUT2D eigenvalue weighted by molar-refractivity contribution is -0.154. The van der Waals surface area contributed by atoms with E-state index < -0.39 is 17.5 Å². The van der Waals surface area contributed by atoms with Crippen LogP contribution in [-0.2, 0) is 4.79 Å². The molecule has 1 aliphatic rings. The summed E-state index contributed by atoms with van der Waals surface area (Å²) in [4.78, 5) is 11.0. The molecule has 1 atom stereocenters. The van der Waals surface area contributed by atoms with Crippen LogP contribution < -0.4 is 0 Å². The second-order valence-electron chi connectivity index (χ2n) is 4.08. The molecule has 1 aliphatic carbocycles. The fourth-order valence-corrected chi connectivity index (χ4v) is 2.23. The summed E-state index contributed by atoms with van der Waals surface area (Å²) in [7, 11) is 0. The van der Waals surface area contributed by atoms with Gasteiger partial charge in [-0.2, -0.15) is 0 Å². The van der Waals surface area contributed by atoms with E-state index in [9.17, 15) is 9.90 Å². The molecule has 0 aromatic rings. The maximum atomic E-state index is 11.0. The highest BCUT2D eigenvalue weighted by molar-refractivity contribution is 5.71. The molecule has 2 N–H and O–H groups in total. The summed E-state index contributed by atoms with van der Waals surface area (Å²) >= 11 is 0. The van der Waals surface area contributed by atoms with Crippen LogP contribution in [0.5, 0.6) is 0 Å². The topological polar surface area (TPSA) is 57.5 Å². The molecule has 3 nitrogen and oxygen atoms in total. The number of hydrogen-bond acceptors (Lipinski definition) is 2. The van der Waals surface area contributed by atoms with E-state index >= 15 is 0 Å². The van der Waals surface area contributed by atoms with Crippen molar-refractivity contribution in [1.82, 2.24) is 0 Å². The normalized spacial score (nSPS) is 22.6. The van der Waals surface area contributed by atoms with Crippen LogP contribution in [0.2, 0.25) is 0 Å². The highest BCUT2D eigenvalue weighted by atomic mass is 16.4. The van der Waals surface area contributed by atoms with E-state index in [4.69, 9.17) is 5.11 Å². The first-order valence-corrected chi connectivity index (χ1v) is 5.16. The van der Waals surface area contributed by atoms with E-state index in [0.717, 1.165) is 19.3 Å². The van der Waals surface area contributed by atoms with Gasteiger partial charge in [-0.15, -0.1) is 6.58 Å². The van der Waals surface area contributed by atoms with E-state index in [2.05, 4.69) is 6.58 Å². The van der Waals surface area contributed by atoms with Crippen LogP contribution in [0.25, 0.3) is 0 Å². The third kappa shape index (κ3) is 2.35. The summed E-state index contributed by atoms with van der Waals surface area (Å²) in [5.74, 6) is -1.59. The maximum absolute atomic E-state index is 11.0. The Labute approximate surface area is 84.4 Å². The molecule has 1 rings (SSSR count). The van der Waals surface area contributed by atoms with Gasteiger partial charge in [0.25, 0.3) is 0 Å². The van der Waals surface area contributed by atoms with Crippen LogP contribution in [0.4, 0.5) is 0 Å². The third-order valence-corrected chi connectivity index (χ3v) is 3.07. The van der Waals surface area contributed by atoms with Gasteiger partial charge in [0.15, 0.2) is 0 Å². The van der Waals surface area contributed by atoms with Crippen LogP contribution in [0.3, 0.4) is 0 Å². The Morgan fingerprint density at radius 3 is 2.43 bits per heavy atom. The summed E-state index contributed by atoms with van der Waals surface area (Å²) in [6.07, 6.45) is 6.10. The molecule has 3 heteroatoms. The Kier molecular flexibility index (Phi) is 3.69. The first-order chi connectivity index (χ1) is 6.60. The summed E-state index contributed by atoms with van der Waals surface area (Å²) < 4.78 is 0. The smallest absolute Gasteiger partial charge is 0.309 e. The first kappa shape index (κ1) is 11.2. The Morgan fingerprint density at radius 1 is 1.43 bits per heavy atom. The van der Waals surface area contributed by atoms with Gasteiger partial charge >= 0.3 is 5.97 Å². The zero-order valence-corrected chi connectivity index (χ0v) is 8.41. The number of hydrogen-bond donors (Lipinski definition) is 2. The predicted octanol–water partition coefficient (Wildman–Crippen LogP) is 1.96. The van der Waals surface area contributed by atoms with E-state index in [1.165, 1.54) is 0 Å². The average Bonchev–Trinajstić information content (AvgIpc) is 2.14. The molecule has 0 saturated heterocycles. The van der Waals surface area contributed by atoms with E-state index in [0.29, 0.717) is 19.3 Å². The van der Waals surface area contributed by atoms with Crippen molar-refractivity contribution in [3.8, 4) is 0 Å². The van der Waals surface area contributed by atoms with Crippen LogP contribution in [0.1, 0.15) is 38.5 Å². The Hall–Kier alpha value is -0.830. The molecule has 1 unspecified atom stereocenters. The molecule has 1 fully saturated rings. The molecular weight excluding hydrogens is 180 g/mol. The standard InChI is InChI=1S/C11H18O3/c1-2-6-9(10(12)13)11(14)7-4-3-5-8-11/h2,9,14H,1,3-8H2,(H,12,13). The minimum Gasteiger partial charge on any atom is -0.481 e. The number of carbonyl (C=O) groups is 1. The van der Waals surface area contributed by atoms with Gasteiger partial charge in [-0.05, 0) is 19.3 Å². The van der Waals surface area contributed by atoms with Gasteiger partial charge in [-0.25, -0.2) is 0 Å². The monoisotopic (exact) mass is 198 g/mol. The SMILES string of the molecule is C=CCC(C(=O)O)C1(O)CCCCC1. The third-order valence-electron chi connectivity index (χ3n) is 3.07. The number of rotatable bonds is 4. The lowest BCUT2D eigenvalue weighted by atomic mass is 9.74. The molecular formula is C11H18O3. The van der Waals surface area contributed by atoms with Gasteiger partial charge < -0.3 is 10.2 Å². The number of aliphatic hydroxyl groups is 1. The number of allylic oxidation sites excluding steroid dienone is 1. The Morgan fingerprint density at radius 2 is 2.00 bits per heavy atom. The Bertz CT molecular complexity index is 217. The molecule has 0 aliphatic heterocycles. The van der Waals surface area contributed by atoms with Crippen molar-refractivity contribution in [2.75, 3.05) is 0 Å². The molecule has 0 bridgehead atoms. The second kappa shape index (κ2) is 4.60. The minimum absolute atomic E-state index is 0.353. The van der Waals surface area contributed by atoms with Crippen molar-refractivity contribution < 1.29 is 15.0 Å². The predicted molar refractivity (Wildman–Crippen MR) is 54.0 cm³/mol. The van der Waals surface area contributed by atoms with Gasteiger partial charge in [0.1, 0.15) is 0 Å². The van der Waals surface area contributed by atoms with Gasteiger partial charge in [-0.3, -0.25) is 4.79 Å². The van der Waals surface area contributed by atoms with Gasteiger partial charge in [0.2, 0.25) is 0 Å². The van der Waals surface area contributed by atoms with E-state index in [-0.39, 0.29) is 0 Å². The van der Waals surface area contributed by atoms with Crippen molar-refractivity contribution in [1.29, 1.82) is 0 Å². The lowest BCUT2D eigenvalue weighted by Gasteiger charge is -2.36. The highest BCUT2D eigenvalue weighted by Crippen LogP contribution is 2.36. The maximum Gasteiger partial charge on any atom is 0.309 e. The fraction of sp³-hybridized carbons (Fsp3) is 0.727. The Balaban J connectivity index is 2.73. The average molecular weight is 198 g/mol. The van der Waals surface area contributed by atoms with Crippen LogP contribution >= 0.6 is 0 Å². The summed E-state index contributed by atoms with van der Waals surface area (Å²) in [5.41, 5.74) is -1.00. The van der Waals surface area contributed by atoms with Crippen LogP contribution in [-0.4, -0.2) is 21.8 Å². The van der Waals surface area contributed by atoms with Crippen molar-refractivity contribution in [3.63, 3.8) is 0 Å². The number of aliphatic carboxylic acids is 1. The zero-order valence-electron chi connectivity index (χ0n) is 8.41. The fourth-order valence-electron chi connectivity index (χ4n) is 2.23. The quantitative estimate of drug-likeness (QED) is 0.679. The van der Waals surface area contributed by atoms with Crippen molar-refractivity contribution in [2.24, 2.45) is 5.92 Å². The van der Waals surface area contributed by atoms with Crippen LogP contribution in [0.15, 0.2) is 12.7 Å². The van der Waals surface area contributed by atoms with Gasteiger partial charge in [0, 0.05) is 0 Å². The summed E-state index contributed by atoms with van der Waals surface area (Å²) in [5, 5.41) is 19.2. The molecule has 80 valence electrons. The number of carboxylic acid groups (broad SMARTS) is 1. The van der Waals surface area contributed by atoms with Crippen molar-refractivity contribution in [3.05, 3.63) is 12.7 Å². The molecule has 0 heterocycles. The van der Waals surface area contributed by atoms with Crippen LogP contribution in [0, 0.1) is 5.92 Å². The second-order valence-corrected chi connectivity index (χ2v) is 4.08. The summed E-state index contributed by atoms with van der Waals surface area (Å²) in [6.45, 7) is 3.53. The molecule has 0 radical (unpaired) electrons. The van der Waals surface area contributed by atoms with E-state index in [1.54, 1.807) is 6.08 Å². The molecule has 14 heavy (non-hydrogen) atoms. The van der Waals surface area contributed by atoms with Gasteiger partial charge in [0.05, 0.1) is 11.5 Å². The molecule has 0 amide bonds. The van der Waals surface area contributed by atoms with Gasteiger partial charge in [-0.1, -0.05) is 25.3 Å². The molecule has 1 saturated carbocycles. The zero-order chi connectivity index (χ0) is 10.6.